The van der Waals surface area contributed by atoms with Crippen molar-refractivity contribution in [2.24, 2.45) is 11.8 Å². The molecule has 0 radical (unpaired) electrons. The molecule has 0 N–H and O–H groups in total. The summed E-state index contributed by atoms with van der Waals surface area (Å²) >= 11 is 0. The second kappa shape index (κ2) is 10.8. The summed E-state index contributed by atoms with van der Waals surface area (Å²) in [7, 11) is 0. The van der Waals surface area contributed by atoms with Gasteiger partial charge in [-0.15, -0.1) is 5.10 Å². The lowest BCUT2D eigenvalue weighted by atomic mass is 9.91. The van der Waals surface area contributed by atoms with Gasteiger partial charge in [0.1, 0.15) is 0 Å². The van der Waals surface area contributed by atoms with Crippen LogP contribution in [0.3, 0.4) is 0 Å². The third-order valence-corrected chi connectivity index (χ3v) is 8.04. The molecule has 3 atom stereocenters. The molecule has 3 heterocycles. The molecule has 0 spiro atoms. The fourth-order valence-corrected chi connectivity index (χ4v) is 6.18. The first-order chi connectivity index (χ1) is 17.8. The number of aromatic nitrogens is 4. The van der Waals surface area contributed by atoms with Crippen molar-refractivity contribution in [2.45, 2.75) is 76.8 Å². The van der Waals surface area contributed by atoms with Crippen LogP contribution in [0.1, 0.15) is 91.6 Å². The Kier molecular flexibility index (Phi) is 7.49. The Labute approximate surface area is 215 Å². The van der Waals surface area contributed by atoms with Gasteiger partial charge in [0.25, 0.3) is 11.7 Å². The van der Waals surface area contributed by atoms with Crippen LogP contribution in [0, 0.1) is 11.8 Å². The molecule has 1 saturated carbocycles. The van der Waals surface area contributed by atoms with Crippen molar-refractivity contribution in [3.05, 3.63) is 59.2 Å². The summed E-state index contributed by atoms with van der Waals surface area (Å²) in [5.74, 6) is 0.587. The predicted molar refractivity (Wildman–Crippen MR) is 134 cm³/mol. The molecule has 6 nitrogen and oxygen atoms in total. The van der Waals surface area contributed by atoms with Crippen LogP contribution in [0.4, 0.5) is 13.2 Å². The highest BCUT2D eigenvalue weighted by molar-refractivity contribution is 5.91. The molecule has 1 aliphatic carbocycles. The Morgan fingerprint density at radius 2 is 1.70 bits per heavy atom. The number of alkyl halides is 3. The molecule has 5 rings (SSSR count). The molecule has 1 amide bonds. The summed E-state index contributed by atoms with van der Waals surface area (Å²) in [6.07, 6.45) is 6.73. The number of hydrogen-bond donors (Lipinski definition) is 0. The Balaban J connectivity index is 1.22. The van der Waals surface area contributed by atoms with E-state index in [-0.39, 0.29) is 29.5 Å². The van der Waals surface area contributed by atoms with Crippen LogP contribution >= 0.6 is 0 Å². The second-order valence-electron chi connectivity index (χ2n) is 10.6. The van der Waals surface area contributed by atoms with Crippen LogP contribution in [0.5, 0.6) is 0 Å². The Hall–Kier alpha value is -2.97. The van der Waals surface area contributed by atoms with E-state index in [0.717, 1.165) is 25.0 Å². The lowest BCUT2D eigenvalue weighted by molar-refractivity contribution is -0.138. The van der Waals surface area contributed by atoms with Crippen molar-refractivity contribution >= 4 is 11.7 Å². The van der Waals surface area contributed by atoms with E-state index in [0.29, 0.717) is 37.3 Å². The fraction of sp³-hybridized carbons (Fsp3) is 0.571. The molecule has 2 fully saturated rings. The van der Waals surface area contributed by atoms with Gasteiger partial charge < -0.3 is 4.90 Å². The van der Waals surface area contributed by atoms with E-state index >= 15 is 0 Å². The number of amides is 1. The number of carbonyl (C=O) groups is 1. The zero-order valence-corrected chi connectivity index (χ0v) is 21.3. The van der Waals surface area contributed by atoms with E-state index in [4.69, 9.17) is 0 Å². The maximum absolute atomic E-state index is 13.5. The third-order valence-electron chi connectivity index (χ3n) is 8.04. The summed E-state index contributed by atoms with van der Waals surface area (Å²) in [5, 5.41) is 4.51. The number of likely N-dealkylation sites (tertiary alicyclic amines) is 1. The molecule has 1 unspecified atom stereocenters. The van der Waals surface area contributed by atoms with Gasteiger partial charge in [0.2, 0.25) is 5.82 Å². The number of aryl methyl sites for hydroxylation is 1. The van der Waals surface area contributed by atoms with E-state index < -0.39 is 11.7 Å². The molecule has 0 bridgehead atoms. The normalized spacial score (nSPS) is 21.6. The van der Waals surface area contributed by atoms with Crippen molar-refractivity contribution in [2.75, 3.05) is 13.1 Å². The maximum atomic E-state index is 13.5. The molecular formula is C28H34F3N5O. The zero-order chi connectivity index (χ0) is 26.0. The fourth-order valence-electron chi connectivity index (χ4n) is 6.18. The summed E-state index contributed by atoms with van der Waals surface area (Å²) in [6, 6.07) is 7.83. The lowest BCUT2D eigenvalue weighted by Gasteiger charge is -2.21. The van der Waals surface area contributed by atoms with Gasteiger partial charge in [0.15, 0.2) is 0 Å². The third kappa shape index (κ3) is 5.50. The van der Waals surface area contributed by atoms with Crippen molar-refractivity contribution in [1.82, 2.24) is 24.5 Å². The molecule has 37 heavy (non-hydrogen) atoms. The summed E-state index contributed by atoms with van der Waals surface area (Å²) in [5.41, 5.74) is 0.843. The number of nitrogens with zero attached hydrogens (tertiary/aromatic N) is 5. The number of fused-ring (bicyclic) bond motifs is 2. The van der Waals surface area contributed by atoms with Gasteiger partial charge in [0, 0.05) is 25.0 Å². The molecule has 2 aromatic heterocycles. The lowest BCUT2D eigenvalue weighted by Crippen LogP contribution is -2.30. The molecule has 9 heteroatoms. The summed E-state index contributed by atoms with van der Waals surface area (Å²) in [4.78, 5) is 23.7. The molecule has 198 valence electrons. The molecule has 3 aromatic rings. The number of halogens is 3. The number of benzene rings is 1. The minimum atomic E-state index is -4.35. The van der Waals surface area contributed by atoms with Gasteiger partial charge in [0.05, 0.1) is 5.56 Å². The molecular weight excluding hydrogens is 479 g/mol. The zero-order valence-electron chi connectivity index (χ0n) is 21.3. The van der Waals surface area contributed by atoms with Crippen molar-refractivity contribution in [1.29, 1.82) is 0 Å². The van der Waals surface area contributed by atoms with Crippen LogP contribution in [0.25, 0.3) is 5.78 Å². The van der Waals surface area contributed by atoms with Gasteiger partial charge in [-0.2, -0.15) is 18.2 Å². The number of rotatable bonds is 9. The monoisotopic (exact) mass is 513 g/mol. The van der Waals surface area contributed by atoms with Gasteiger partial charge in [-0.1, -0.05) is 57.2 Å². The van der Waals surface area contributed by atoms with E-state index in [9.17, 15) is 18.0 Å². The first-order valence-electron chi connectivity index (χ1n) is 13.5. The highest BCUT2D eigenvalue weighted by Gasteiger charge is 2.45. The second-order valence-corrected chi connectivity index (χ2v) is 10.6. The first kappa shape index (κ1) is 25.7. The summed E-state index contributed by atoms with van der Waals surface area (Å²) in [6.45, 7) is 3.27. The summed E-state index contributed by atoms with van der Waals surface area (Å²) < 4.78 is 42.2. The molecule has 1 saturated heterocycles. The van der Waals surface area contributed by atoms with E-state index in [1.165, 1.54) is 37.8 Å². The molecule has 1 aliphatic heterocycles. The SMILES string of the molecule is CCCCCCCCc1ccnc2nc(C(=O)N3C[C@H]4CC(c5ccccc5C(F)(F)F)C[C@H]4C3)nn12. The van der Waals surface area contributed by atoms with Gasteiger partial charge in [-0.25, -0.2) is 9.50 Å². The van der Waals surface area contributed by atoms with Crippen LogP contribution in [-0.4, -0.2) is 43.5 Å². The predicted octanol–water partition coefficient (Wildman–Crippen LogP) is 6.31. The Morgan fingerprint density at radius 3 is 2.43 bits per heavy atom. The van der Waals surface area contributed by atoms with E-state index in [2.05, 4.69) is 22.0 Å². The van der Waals surface area contributed by atoms with E-state index in [1.54, 1.807) is 27.7 Å². The number of hydrogen-bond acceptors (Lipinski definition) is 4. The Morgan fingerprint density at radius 1 is 1.00 bits per heavy atom. The van der Waals surface area contributed by atoms with Crippen LogP contribution < -0.4 is 0 Å². The minimum absolute atomic E-state index is 0.132. The largest absolute Gasteiger partial charge is 0.416 e. The minimum Gasteiger partial charge on any atom is -0.335 e. The topological polar surface area (TPSA) is 63.4 Å². The van der Waals surface area contributed by atoms with Crippen molar-refractivity contribution in [3.63, 3.8) is 0 Å². The van der Waals surface area contributed by atoms with E-state index in [1.807, 2.05) is 6.07 Å². The smallest absolute Gasteiger partial charge is 0.335 e. The highest BCUT2D eigenvalue weighted by Crippen LogP contribution is 2.49. The highest BCUT2D eigenvalue weighted by atomic mass is 19.4. The first-order valence-corrected chi connectivity index (χ1v) is 13.5. The van der Waals surface area contributed by atoms with Crippen LogP contribution in [0.2, 0.25) is 0 Å². The van der Waals surface area contributed by atoms with Crippen molar-refractivity contribution in [3.8, 4) is 0 Å². The number of carbonyl (C=O) groups excluding carboxylic acids is 1. The maximum Gasteiger partial charge on any atom is 0.416 e. The van der Waals surface area contributed by atoms with Crippen molar-refractivity contribution < 1.29 is 18.0 Å². The standard InChI is InChI=1S/C28H34F3N5O/c1-2-3-4-5-6-7-10-22-13-14-32-27-33-25(34-36(22)27)26(37)35-17-20-15-19(16-21(20)18-35)23-11-8-9-12-24(23)28(29,30)31/h8-9,11-14,19-21H,2-7,10,15-18H2,1H3/t19?,20-,21+. The van der Waals surface area contributed by atoms with Gasteiger partial charge >= 0.3 is 6.18 Å². The van der Waals surface area contributed by atoms with Gasteiger partial charge in [-0.05, 0) is 61.1 Å². The average Bonchev–Trinajstić information content (AvgIpc) is 3.59. The quantitative estimate of drug-likeness (QED) is 0.315. The molecule has 2 aliphatic rings. The molecule has 1 aromatic carbocycles. The van der Waals surface area contributed by atoms with Crippen LogP contribution in [0.15, 0.2) is 36.5 Å². The Bertz CT molecular complexity index is 1230. The average molecular weight is 514 g/mol. The van der Waals surface area contributed by atoms with Gasteiger partial charge in [-0.3, -0.25) is 4.79 Å². The van der Waals surface area contributed by atoms with Crippen LogP contribution in [-0.2, 0) is 12.6 Å². The number of unbranched alkanes of at least 4 members (excludes halogenated alkanes) is 5.